The van der Waals surface area contributed by atoms with Crippen molar-refractivity contribution in [1.82, 2.24) is 10.2 Å². The predicted octanol–water partition coefficient (Wildman–Crippen LogP) is 6.21. The minimum Gasteiger partial charge on any atom is -0.354 e. The van der Waals surface area contributed by atoms with E-state index >= 15 is 0 Å². The Hall–Kier alpha value is -2.04. The van der Waals surface area contributed by atoms with Crippen molar-refractivity contribution in [2.24, 2.45) is 0 Å². The van der Waals surface area contributed by atoms with Gasteiger partial charge in [-0.2, -0.15) is 0 Å². The summed E-state index contributed by atoms with van der Waals surface area (Å²) in [4.78, 5) is 27.9. The van der Waals surface area contributed by atoms with Gasteiger partial charge < -0.3 is 10.2 Å². The Balaban J connectivity index is 2.22. The standard InChI is InChI=1S/C26H34Cl2N2O2/c1-4-7-17-29-26(32)24(6-3)30(18-21-22(27)9-8-10-23(21)28)25(31)16-15-20-13-11-19(5-2)12-14-20/h8-14,24H,4-7,15-18H2,1-3H3,(H,29,32)/t24-/m0/s1. The summed E-state index contributed by atoms with van der Waals surface area (Å²) >= 11 is 12.8. The van der Waals surface area contributed by atoms with Gasteiger partial charge in [0.15, 0.2) is 0 Å². The van der Waals surface area contributed by atoms with E-state index in [1.54, 1.807) is 23.1 Å². The summed E-state index contributed by atoms with van der Waals surface area (Å²) in [5.74, 6) is -0.220. The molecule has 0 aliphatic rings. The second kappa shape index (κ2) is 13.5. The molecule has 174 valence electrons. The van der Waals surface area contributed by atoms with Crippen molar-refractivity contribution in [3.63, 3.8) is 0 Å². The van der Waals surface area contributed by atoms with Crippen molar-refractivity contribution >= 4 is 35.0 Å². The maximum absolute atomic E-state index is 13.4. The SMILES string of the molecule is CCCCNC(=O)[C@H](CC)N(Cc1c(Cl)cccc1Cl)C(=O)CCc1ccc(CC)cc1. The van der Waals surface area contributed by atoms with Crippen LogP contribution in [-0.2, 0) is 29.0 Å². The number of rotatable bonds is 12. The molecule has 0 aromatic heterocycles. The highest BCUT2D eigenvalue weighted by atomic mass is 35.5. The number of hydrogen-bond acceptors (Lipinski definition) is 2. The highest BCUT2D eigenvalue weighted by Crippen LogP contribution is 2.27. The van der Waals surface area contributed by atoms with Gasteiger partial charge in [-0.05, 0) is 48.9 Å². The van der Waals surface area contributed by atoms with E-state index in [9.17, 15) is 9.59 Å². The summed E-state index contributed by atoms with van der Waals surface area (Å²) in [6.07, 6.45) is 4.32. The largest absolute Gasteiger partial charge is 0.354 e. The number of amides is 2. The third kappa shape index (κ3) is 7.53. The second-order valence-electron chi connectivity index (χ2n) is 7.96. The van der Waals surface area contributed by atoms with Crippen LogP contribution >= 0.6 is 23.2 Å². The van der Waals surface area contributed by atoms with Crippen molar-refractivity contribution in [3.8, 4) is 0 Å². The smallest absolute Gasteiger partial charge is 0.242 e. The van der Waals surface area contributed by atoms with E-state index in [4.69, 9.17) is 23.2 Å². The maximum atomic E-state index is 13.4. The highest BCUT2D eigenvalue weighted by Gasteiger charge is 2.29. The fourth-order valence-corrected chi connectivity index (χ4v) is 4.13. The molecule has 0 fully saturated rings. The summed E-state index contributed by atoms with van der Waals surface area (Å²) in [7, 11) is 0. The molecule has 0 unspecified atom stereocenters. The van der Waals surface area contributed by atoms with Crippen LogP contribution in [0.5, 0.6) is 0 Å². The van der Waals surface area contributed by atoms with Crippen LogP contribution in [0.15, 0.2) is 42.5 Å². The lowest BCUT2D eigenvalue weighted by atomic mass is 10.0. The summed E-state index contributed by atoms with van der Waals surface area (Å²) in [5, 5.41) is 3.96. The number of aryl methyl sites for hydroxylation is 2. The highest BCUT2D eigenvalue weighted by molar-refractivity contribution is 6.36. The number of unbranched alkanes of at least 4 members (excludes halogenated alkanes) is 1. The molecule has 2 amide bonds. The summed E-state index contributed by atoms with van der Waals surface area (Å²) in [6.45, 7) is 6.91. The molecule has 0 radical (unpaired) electrons. The zero-order chi connectivity index (χ0) is 23.5. The zero-order valence-corrected chi connectivity index (χ0v) is 20.8. The van der Waals surface area contributed by atoms with E-state index in [0.29, 0.717) is 41.4 Å². The molecule has 0 bridgehead atoms. The molecular formula is C26H34Cl2N2O2. The molecule has 0 heterocycles. The van der Waals surface area contributed by atoms with Gasteiger partial charge in [0.1, 0.15) is 6.04 Å². The van der Waals surface area contributed by atoms with E-state index in [1.807, 2.05) is 6.92 Å². The van der Waals surface area contributed by atoms with E-state index in [2.05, 4.69) is 43.4 Å². The van der Waals surface area contributed by atoms with Crippen LogP contribution < -0.4 is 5.32 Å². The van der Waals surface area contributed by atoms with Gasteiger partial charge in [0, 0.05) is 35.1 Å². The van der Waals surface area contributed by atoms with Crippen molar-refractivity contribution < 1.29 is 9.59 Å². The molecule has 0 aliphatic carbocycles. The minimum absolute atomic E-state index is 0.0851. The Labute approximate surface area is 202 Å². The quantitative estimate of drug-likeness (QED) is 0.370. The van der Waals surface area contributed by atoms with E-state index < -0.39 is 6.04 Å². The van der Waals surface area contributed by atoms with Crippen LogP contribution in [0.3, 0.4) is 0 Å². The average molecular weight is 477 g/mol. The molecule has 0 spiro atoms. The third-order valence-electron chi connectivity index (χ3n) is 5.66. The summed E-state index contributed by atoms with van der Waals surface area (Å²) in [5.41, 5.74) is 3.04. The lowest BCUT2D eigenvalue weighted by Gasteiger charge is -2.31. The van der Waals surface area contributed by atoms with Gasteiger partial charge in [0.2, 0.25) is 11.8 Å². The Morgan fingerprint density at radius 3 is 2.16 bits per heavy atom. The van der Waals surface area contributed by atoms with E-state index in [0.717, 1.165) is 24.8 Å². The molecule has 1 N–H and O–H groups in total. The molecule has 0 aliphatic heterocycles. The van der Waals surface area contributed by atoms with Crippen molar-refractivity contribution in [1.29, 1.82) is 0 Å². The summed E-state index contributed by atoms with van der Waals surface area (Å²) in [6, 6.07) is 13.0. The van der Waals surface area contributed by atoms with Gasteiger partial charge in [-0.25, -0.2) is 0 Å². The van der Waals surface area contributed by atoms with Crippen LogP contribution in [0.4, 0.5) is 0 Å². The fourth-order valence-electron chi connectivity index (χ4n) is 3.62. The normalized spacial score (nSPS) is 11.8. The van der Waals surface area contributed by atoms with Gasteiger partial charge in [-0.15, -0.1) is 0 Å². The predicted molar refractivity (Wildman–Crippen MR) is 133 cm³/mol. The number of carbonyl (C=O) groups excluding carboxylic acids is 2. The molecule has 0 saturated heterocycles. The van der Waals surface area contributed by atoms with Gasteiger partial charge in [-0.3, -0.25) is 9.59 Å². The molecule has 2 aromatic rings. The molecular weight excluding hydrogens is 443 g/mol. The van der Waals surface area contributed by atoms with Crippen LogP contribution in [0.1, 0.15) is 63.1 Å². The van der Waals surface area contributed by atoms with Crippen LogP contribution in [-0.4, -0.2) is 29.3 Å². The minimum atomic E-state index is -0.575. The second-order valence-corrected chi connectivity index (χ2v) is 8.77. The first-order valence-electron chi connectivity index (χ1n) is 11.5. The summed E-state index contributed by atoms with van der Waals surface area (Å²) < 4.78 is 0. The molecule has 2 aromatic carbocycles. The molecule has 0 saturated carbocycles. The monoisotopic (exact) mass is 476 g/mol. The van der Waals surface area contributed by atoms with Crippen LogP contribution in [0, 0.1) is 0 Å². The Kier molecular flexibility index (Phi) is 11.1. The average Bonchev–Trinajstić information content (AvgIpc) is 2.79. The molecule has 2 rings (SSSR count). The van der Waals surface area contributed by atoms with Gasteiger partial charge in [0.05, 0.1) is 0 Å². The molecule has 32 heavy (non-hydrogen) atoms. The molecule has 4 nitrogen and oxygen atoms in total. The van der Waals surface area contributed by atoms with Crippen molar-refractivity contribution in [2.45, 2.75) is 71.9 Å². The third-order valence-corrected chi connectivity index (χ3v) is 6.37. The van der Waals surface area contributed by atoms with Crippen LogP contribution in [0.2, 0.25) is 10.0 Å². The topological polar surface area (TPSA) is 49.4 Å². The Morgan fingerprint density at radius 1 is 0.969 bits per heavy atom. The molecule has 6 heteroatoms. The van der Waals surface area contributed by atoms with E-state index in [1.165, 1.54) is 5.56 Å². The van der Waals surface area contributed by atoms with Gasteiger partial charge >= 0.3 is 0 Å². The van der Waals surface area contributed by atoms with Gasteiger partial charge in [-0.1, -0.05) is 80.7 Å². The van der Waals surface area contributed by atoms with Crippen molar-refractivity contribution in [2.75, 3.05) is 6.54 Å². The van der Waals surface area contributed by atoms with E-state index in [-0.39, 0.29) is 18.4 Å². The number of benzene rings is 2. The lowest BCUT2D eigenvalue weighted by Crippen LogP contribution is -2.49. The zero-order valence-electron chi connectivity index (χ0n) is 19.3. The Morgan fingerprint density at radius 2 is 1.59 bits per heavy atom. The Bertz CT molecular complexity index is 864. The number of nitrogens with one attached hydrogen (secondary N) is 1. The van der Waals surface area contributed by atoms with Crippen molar-refractivity contribution in [3.05, 3.63) is 69.2 Å². The van der Waals surface area contributed by atoms with Crippen LogP contribution in [0.25, 0.3) is 0 Å². The number of halogens is 2. The number of carbonyl (C=O) groups is 2. The maximum Gasteiger partial charge on any atom is 0.242 e. The van der Waals surface area contributed by atoms with Gasteiger partial charge in [0.25, 0.3) is 0 Å². The number of hydrogen-bond donors (Lipinski definition) is 1. The lowest BCUT2D eigenvalue weighted by molar-refractivity contribution is -0.141. The first-order valence-corrected chi connectivity index (χ1v) is 12.2. The first-order chi connectivity index (χ1) is 15.4. The first kappa shape index (κ1) is 26.2. The molecule has 1 atom stereocenters. The fraction of sp³-hybridized carbons (Fsp3) is 0.462. The number of nitrogens with zero attached hydrogens (tertiary/aromatic N) is 1.